The van der Waals surface area contributed by atoms with Crippen LogP contribution < -0.4 is 0 Å². The number of aliphatic hydroxyl groups is 1. The molecular formula is C18H20F2O. The molecule has 1 unspecified atom stereocenters. The highest BCUT2D eigenvalue weighted by molar-refractivity contribution is 5.27. The Labute approximate surface area is 124 Å². The maximum atomic E-state index is 13.6. The van der Waals surface area contributed by atoms with E-state index in [0.717, 1.165) is 24.6 Å². The van der Waals surface area contributed by atoms with E-state index in [2.05, 4.69) is 13.8 Å². The van der Waals surface area contributed by atoms with Crippen molar-refractivity contribution in [2.45, 2.75) is 32.8 Å². The SMILES string of the molecule is CC(C)Cc1ccc(C(O)Cc2cc(F)ccc2F)cc1. The van der Waals surface area contributed by atoms with E-state index in [0.29, 0.717) is 11.5 Å². The molecule has 0 fully saturated rings. The molecule has 1 N–H and O–H groups in total. The van der Waals surface area contributed by atoms with Crippen molar-refractivity contribution in [3.8, 4) is 0 Å². The smallest absolute Gasteiger partial charge is 0.126 e. The van der Waals surface area contributed by atoms with E-state index in [1.807, 2.05) is 24.3 Å². The second-order valence-corrected chi connectivity index (χ2v) is 5.80. The van der Waals surface area contributed by atoms with Crippen LogP contribution in [0.25, 0.3) is 0 Å². The molecule has 0 aliphatic heterocycles. The molecule has 0 amide bonds. The van der Waals surface area contributed by atoms with E-state index in [1.165, 1.54) is 5.56 Å². The van der Waals surface area contributed by atoms with Crippen molar-refractivity contribution in [2.75, 3.05) is 0 Å². The molecule has 0 aromatic heterocycles. The first-order chi connectivity index (χ1) is 9.95. The predicted molar refractivity (Wildman–Crippen MR) is 80.0 cm³/mol. The van der Waals surface area contributed by atoms with Gasteiger partial charge in [0, 0.05) is 6.42 Å². The summed E-state index contributed by atoms with van der Waals surface area (Å²) in [5.74, 6) is -0.417. The molecule has 2 aromatic carbocycles. The fraction of sp³-hybridized carbons (Fsp3) is 0.333. The van der Waals surface area contributed by atoms with E-state index in [-0.39, 0.29) is 12.0 Å². The van der Waals surface area contributed by atoms with Crippen molar-refractivity contribution in [2.24, 2.45) is 5.92 Å². The largest absolute Gasteiger partial charge is 0.388 e. The number of aliphatic hydroxyl groups excluding tert-OH is 1. The molecule has 0 aliphatic rings. The van der Waals surface area contributed by atoms with Gasteiger partial charge < -0.3 is 5.11 Å². The molecule has 1 atom stereocenters. The van der Waals surface area contributed by atoms with E-state index in [9.17, 15) is 13.9 Å². The Kier molecular flexibility index (Phi) is 5.07. The summed E-state index contributed by atoms with van der Waals surface area (Å²) in [4.78, 5) is 0. The molecule has 112 valence electrons. The van der Waals surface area contributed by atoms with Gasteiger partial charge in [0.1, 0.15) is 11.6 Å². The molecule has 0 aliphatic carbocycles. The molecule has 3 heteroatoms. The van der Waals surface area contributed by atoms with E-state index in [4.69, 9.17) is 0 Å². The van der Waals surface area contributed by atoms with E-state index in [1.54, 1.807) is 0 Å². The van der Waals surface area contributed by atoms with Gasteiger partial charge in [-0.2, -0.15) is 0 Å². The van der Waals surface area contributed by atoms with Crippen molar-refractivity contribution in [1.82, 2.24) is 0 Å². The van der Waals surface area contributed by atoms with Crippen molar-refractivity contribution in [3.05, 3.63) is 70.8 Å². The van der Waals surface area contributed by atoms with Crippen molar-refractivity contribution >= 4 is 0 Å². The third-order valence-electron chi connectivity index (χ3n) is 3.43. The third-order valence-corrected chi connectivity index (χ3v) is 3.43. The molecule has 0 heterocycles. The summed E-state index contributed by atoms with van der Waals surface area (Å²) in [6.07, 6.45) is 0.205. The fourth-order valence-corrected chi connectivity index (χ4v) is 2.37. The van der Waals surface area contributed by atoms with Crippen LogP contribution in [0.3, 0.4) is 0 Å². The second kappa shape index (κ2) is 6.81. The number of halogens is 2. The minimum Gasteiger partial charge on any atom is -0.388 e. The highest BCUT2D eigenvalue weighted by Gasteiger charge is 2.12. The third kappa shape index (κ3) is 4.36. The number of rotatable bonds is 5. The van der Waals surface area contributed by atoms with E-state index < -0.39 is 17.7 Å². The van der Waals surface area contributed by atoms with Crippen LogP contribution in [-0.4, -0.2) is 5.11 Å². The zero-order valence-electron chi connectivity index (χ0n) is 12.3. The minimum atomic E-state index is -0.839. The molecule has 21 heavy (non-hydrogen) atoms. The summed E-state index contributed by atoms with van der Waals surface area (Å²) in [6.45, 7) is 4.30. The lowest BCUT2D eigenvalue weighted by Gasteiger charge is -2.13. The average Bonchev–Trinajstić information content (AvgIpc) is 2.43. The summed E-state index contributed by atoms with van der Waals surface area (Å²) in [5, 5.41) is 10.2. The normalized spacial score (nSPS) is 12.7. The quantitative estimate of drug-likeness (QED) is 0.863. The molecule has 0 spiro atoms. The lowest BCUT2D eigenvalue weighted by Crippen LogP contribution is -2.04. The summed E-state index contributed by atoms with van der Waals surface area (Å²) in [5.41, 5.74) is 2.11. The number of hydrogen-bond acceptors (Lipinski definition) is 1. The van der Waals surface area contributed by atoms with Crippen LogP contribution in [0.4, 0.5) is 8.78 Å². The minimum absolute atomic E-state index is 0.0626. The van der Waals surface area contributed by atoms with Gasteiger partial charge in [-0.3, -0.25) is 0 Å². The van der Waals surface area contributed by atoms with Gasteiger partial charge in [-0.1, -0.05) is 38.1 Å². The second-order valence-electron chi connectivity index (χ2n) is 5.80. The highest BCUT2D eigenvalue weighted by Crippen LogP contribution is 2.22. The van der Waals surface area contributed by atoms with Gasteiger partial charge in [-0.05, 0) is 47.2 Å². The lowest BCUT2D eigenvalue weighted by atomic mass is 9.97. The summed E-state index contributed by atoms with van der Waals surface area (Å²) >= 11 is 0. The standard InChI is InChI=1S/C18H20F2O/c1-12(2)9-13-3-5-14(6-4-13)18(21)11-15-10-16(19)7-8-17(15)20/h3-8,10,12,18,21H,9,11H2,1-2H3. The van der Waals surface area contributed by atoms with Gasteiger partial charge in [0.15, 0.2) is 0 Å². The fourth-order valence-electron chi connectivity index (χ4n) is 2.37. The first-order valence-electron chi connectivity index (χ1n) is 7.16. The first kappa shape index (κ1) is 15.6. The Balaban J connectivity index is 2.09. The van der Waals surface area contributed by atoms with Crippen LogP contribution in [0.2, 0.25) is 0 Å². The monoisotopic (exact) mass is 290 g/mol. The van der Waals surface area contributed by atoms with Crippen LogP contribution in [0.1, 0.15) is 36.6 Å². The molecule has 0 bridgehead atoms. The Hall–Kier alpha value is -1.74. The zero-order valence-corrected chi connectivity index (χ0v) is 12.3. The first-order valence-corrected chi connectivity index (χ1v) is 7.16. The van der Waals surface area contributed by atoms with Gasteiger partial charge >= 0.3 is 0 Å². The average molecular weight is 290 g/mol. The van der Waals surface area contributed by atoms with Gasteiger partial charge in [0.05, 0.1) is 6.10 Å². The van der Waals surface area contributed by atoms with Crippen LogP contribution in [0.15, 0.2) is 42.5 Å². The van der Waals surface area contributed by atoms with E-state index >= 15 is 0 Å². The van der Waals surface area contributed by atoms with Crippen molar-refractivity contribution < 1.29 is 13.9 Å². The van der Waals surface area contributed by atoms with Crippen LogP contribution in [0, 0.1) is 17.6 Å². The van der Waals surface area contributed by atoms with Crippen LogP contribution >= 0.6 is 0 Å². The summed E-state index contributed by atoms with van der Waals surface area (Å²) in [6, 6.07) is 10.9. The Morgan fingerprint density at radius 2 is 1.62 bits per heavy atom. The molecular weight excluding hydrogens is 270 g/mol. The van der Waals surface area contributed by atoms with Gasteiger partial charge in [0.2, 0.25) is 0 Å². The molecule has 2 aromatic rings. The Morgan fingerprint density at radius 3 is 2.24 bits per heavy atom. The maximum absolute atomic E-state index is 13.6. The topological polar surface area (TPSA) is 20.2 Å². The van der Waals surface area contributed by atoms with Crippen LogP contribution in [0.5, 0.6) is 0 Å². The van der Waals surface area contributed by atoms with Crippen molar-refractivity contribution in [3.63, 3.8) is 0 Å². The van der Waals surface area contributed by atoms with Gasteiger partial charge in [-0.15, -0.1) is 0 Å². The van der Waals surface area contributed by atoms with Gasteiger partial charge in [-0.25, -0.2) is 8.78 Å². The number of hydrogen-bond donors (Lipinski definition) is 1. The van der Waals surface area contributed by atoms with Crippen LogP contribution in [-0.2, 0) is 12.8 Å². The molecule has 0 radical (unpaired) electrons. The maximum Gasteiger partial charge on any atom is 0.126 e. The lowest BCUT2D eigenvalue weighted by molar-refractivity contribution is 0.177. The molecule has 1 nitrogen and oxygen atoms in total. The summed E-state index contributed by atoms with van der Waals surface area (Å²) < 4.78 is 26.7. The Bertz CT molecular complexity index is 591. The predicted octanol–water partition coefficient (Wildman–Crippen LogP) is 4.44. The number of benzene rings is 2. The molecule has 0 saturated heterocycles. The molecule has 0 saturated carbocycles. The Morgan fingerprint density at radius 1 is 0.952 bits per heavy atom. The zero-order chi connectivity index (χ0) is 15.4. The van der Waals surface area contributed by atoms with Crippen molar-refractivity contribution in [1.29, 1.82) is 0 Å². The molecule has 2 rings (SSSR count). The van der Waals surface area contributed by atoms with Gasteiger partial charge in [0.25, 0.3) is 0 Å². The highest BCUT2D eigenvalue weighted by atomic mass is 19.1. The summed E-state index contributed by atoms with van der Waals surface area (Å²) in [7, 11) is 0.